The second kappa shape index (κ2) is 11.4. The molecule has 0 radical (unpaired) electrons. The number of hydrogen-bond acceptors (Lipinski definition) is 6. The first kappa shape index (κ1) is 24.7. The van der Waals surface area contributed by atoms with Gasteiger partial charge in [-0.25, -0.2) is 18.7 Å². The number of fused-ring (bicyclic) bond motifs is 1. The number of nitrogens with one attached hydrogen (secondary N) is 1. The lowest BCUT2D eigenvalue weighted by Gasteiger charge is -2.34. The number of anilines is 1. The fraction of sp³-hybridized carbons (Fsp3) is 0.321. The molecule has 5 rings (SSSR count). The summed E-state index contributed by atoms with van der Waals surface area (Å²) < 4.78 is 32.4. The van der Waals surface area contributed by atoms with Gasteiger partial charge in [0.2, 0.25) is 5.95 Å². The van der Waals surface area contributed by atoms with Crippen molar-refractivity contribution >= 4 is 16.9 Å². The SMILES string of the molecule is N#Cc1ccc2[nH]cc(CCCCN3CCN(c4ncc(OCc5ccc(F)cc5F)cn4)CC3)c2c1. The third-order valence-corrected chi connectivity index (χ3v) is 6.75. The number of ether oxygens (including phenoxy) is 1. The largest absolute Gasteiger partial charge is 0.486 e. The Labute approximate surface area is 214 Å². The summed E-state index contributed by atoms with van der Waals surface area (Å²) in [5.41, 5.74) is 3.31. The van der Waals surface area contributed by atoms with Gasteiger partial charge in [-0.1, -0.05) is 0 Å². The third kappa shape index (κ3) is 6.04. The molecule has 1 fully saturated rings. The molecule has 0 bridgehead atoms. The highest BCUT2D eigenvalue weighted by molar-refractivity contribution is 5.84. The Morgan fingerprint density at radius 1 is 0.973 bits per heavy atom. The smallest absolute Gasteiger partial charge is 0.225 e. The van der Waals surface area contributed by atoms with Gasteiger partial charge < -0.3 is 14.6 Å². The molecule has 0 unspecified atom stereocenters. The summed E-state index contributed by atoms with van der Waals surface area (Å²) in [6.45, 7) is 4.62. The van der Waals surface area contributed by atoms with Crippen LogP contribution in [0, 0.1) is 23.0 Å². The van der Waals surface area contributed by atoms with Crippen molar-refractivity contribution < 1.29 is 13.5 Å². The molecule has 7 nitrogen and oxygen atoms in total. The molecule has 1 aliphatic rings. The maximum absolute atomic E-state index is 13.8. The van der Waals surface area contributed by atoms with Crippen molar-refractivity contribution in [2.75, 3.05) is 37.6 Å². The minimum atomic E-state index is -0.637. The molecule has 190 valence electrons. The van der Waals surface area contributed by atoms with Gasteiger partial charge >= 0.3 is 0 Å². The Kier molecular flexibility index (Phi) is 7.57. The van der Waals surface area contributed by atoms with Gasteiger partial charge in [-0.05, 0) is 61.7 Å². The van der Waals surface area contributed by atoms with Crippen LogP contribution in [-0.4, -0.2) is 52.6 Å². The van der Waals surface area contributed by atoms with E-state index in [2.05, 4.69) is 37.0 Å². The molecule has 0 saturated carbocycles. The lowest BCUT2D eigenvalue weighted by molar-refractivity contribution is 0.251. The molecule has 2 aromatic heterocycles. The van der Waals surface area contributed by atoms with Gasteiger partial charge in [0.15, 0.2) is 5.75 Å². The number of nitriles is 1. The molecule has 0 amide bonds. The highest BCUT2D eigenvalue weighted by Crippen LogP contribution is 2.22. The number of unbranched alkanes of at least 4 members (excludes halogenated alkanes) is 1. The summed E-state index contributed by atoms with van der Waals surface area (Å²) in [5, 5.41) is 10.3. The van der Waals surface area contributed by atoms with Crippen LogP contribution in [0.2, 0.25) is 0 Å². The van der Waals surface area contributed by atoms with Gasteiger partial charge in [0, 0.05) is 54.9 Å². The quantitative estimate of drug-likeness (QED) is 0.330. The first-order chi connectivity index (χ1) is 18.1. The number of H-pyrrole nitrogens is 1. The Balaban J connectivity index is 1.04. The average molecular weight is 503 g/mol. The molecular formula is C28H28F2N6O. The first-order valence-corrected chi connectivity index (χ1v) is 12.5. The van der Waals surface area contributed by atoms with E-state index in [-0.39, 0.29) is 12.2 Å². The Morgan fingerprint density at radius 2 is 1.78 bits per heavy atom. The lowest BCUT2D eigenvalue weighted by atomic mass is 10.1. The summed E-state index contributed by atoms with van der Waals surface area (Å²) in [6, 6.07) is 11.4. The van der Waals surface area contributed by atoms with Crippen molar-refractivity contribution in [1.29, 1.82) is 5.26 Å². The molecule has 4 aromatic rings. The minimum Gasteiger partial charge on any atom is -0.486 e. The van der Waals surface area contributed by atoms with Crippen LogP contribution in [-0.2, 0) is 13.0 Å². The van der Waals surface area contributed by atoms with Crippen molar-refractivity contribution in [3.8, 4) is 11.8 Å². The third-order valence-electron chi connectivity index (χ3n) is 6.75. The number of hydrogen-bond donors (Lipinski definition) is 1. The van der Waals surface area contributed by atoms with Crippen LogP contribution in [0.25, 0.3) is 10.9 Å². The molecule has 37 heavy (non-hydrogen) atoms. The Bertz CT molecular complexity index is 1390. The van der Waals surface area contributed by atoms with Crippen molar-refractivity contribution in [1.82, 2.24) is 19.9 Å². The summed E-state index contributed by atoms with van der Waals surface area (Å²) in [4.78, 5) is 16.7. The number of piperazine rings is 1. The molecule has 0 aliphatic carbocycles. The monoisotopic (exact) mass is 502 g/mol. The van der Waals surface area contributed by atoms with Crippen LogP contribution in [0.4, 0.5) is 14.7 Å². The second-order valence-corrected chi connectivity index (χ2v) is 9.22. The molecule has 3 heterocycles. The second-order valence-electron chi connectivity index (χ2n) is 9.22. The predicted molar refractivity (Wildman–Crippen MR) is 137 cm³/mol. The average Bonchev–Trinajstić information content (AvgIpc) is 3.33. The normalized spacial score (nSPS) is 14.1. The first-order valence-electron chi connectivity index (χ1n) is 12.5. The van der Waals surface area contributed by atoms with Crippen LogP contribution in [0.5, 0.6) is 5.75 Å². The van der Waals surface area contributed by atoms with E-state index in [1.807, 2.05) is 18.2 Å². The van der Waals surface area contributed by atoms with Gasteiger partial charge in [0.25, 0.3) is 0 Å². The van der Waals surface area contributed by atoms with Crippen LogP contribution >= 0.6 is 0 Å². The van der Waals surface area contributed by atoms with E-state index in [1.54, 1.807) is 12.4 Å². The number of aryl methyl sites for hydroxylation is 1. The number of aromatic amines is 1. The van der Waals surface area contributed by atoms with E-state index >= 15 is 0 Å². The number of halogens is 2. The van der Waals surface area contributed by atoms with Crippen LogP contribution in [0.15, 0.2) is 55.0 Å². The molecule has 1 N–H and O–H groups in total. The Morgan fingerprint density at radius 3 is 2.54 bits per heavy atom. The van der Waals surface area contributed by atoms with Gasteiger partial charge in [-0.15, -0.1) is 0 Å². The number of benzene rings is 2. The standard InChI is InChI=1S/C28H28F2N6O/c29-23-6-5-22(26(30)14-23)19-37-24-17-33-28(34-18-24)36-11-9-35(10-12-36)8-2-1-3-21-16-32-27-7-4-20(15-31)13-25(21)27/h4-7,13-14,16-18,32H,1-3,8-12,19H2. The highest BCUT2D eigenvalue weighted by atomic mass is 19.1. The topological polar surface area (TPSA) is 81.1 Å². The van der Waals surface area contributed by atoms with Gasteiger partial charge in [-0.3, -0.25) is 4.90 Å². The van der Waals surface area contributed by atoms with Crippen molar-refractivity contribution in [3.05, 3.63) is 83.3 Å². The molecule has 1 saturated heterocycles. The molecule has 0 atom stereocenters. The van der Waals surface area contributed by atoms with E-state index in [1.165, 1.54) is 17.7 Å². The maximum Gasteiger partial charge on any atom is 0.225 e. The van der Waals surface area contributed by atoms with Crippen LogP contribution < -0.4 is 9.64 Å². The van der Waals surface area contributed by atoms with E-state index in [9.17, 15) is 8.78 Å². The van der Waals surface area contributed by atoms with Crippen molar-refractivity contribution in [3.63, 3.8) is 0 Å². The Hall–Kier alpha value is -4.03. The van der Waals surface area contributed by atoms with Crippen molar-refractivity contribution in [2.45, 2.75) is 25.9 Å². The zero-order valence-electron chi connectivity index (χ0n) is 20.5. The summed E-state index contributed by atoms with van der Waals surface area (Å²) in [5.74, 6) is -0.167. The molecule has 9 heteroatoms. The molecule has 2 aromatic carbocycles. The van der Waals surface area contributed by atoms with E-state index < -0.39 is 11.6 Å². The summed E-state index contributed by atoms with van der Waals surface area (Å²) in [7, 11) is 0. The van der Waals surface area contributed by atoms with Crippen LogP contribution in [0.3, 0.4) is 0 Å². The van der Waals surface area contributed by atoms with Crippen LogP contribution in [0.1, 0.15) is 29.5 Å². The van der Waals surface area contributed by atoms with E-state index in [0.717, 1.165) is 69.0 Å². The van der Waals surface area contributed by atoms with Gasteiger partial charge in [0.1, 0.15) is 18.2 Å². The van der Waals surface area contributed by atoms with Gasteiger partial charge in [0.05, 0.1) is 24.0 Å². The zero-order chi connectivity index (χ0) is 25.6. The zero-order valence-corrected chi connectivity index (χ0v) is 20.5. The van der Waals surface area contributed by atoms with E-state index in [0.29, 0.717) is 17.3 Å². The molecule has 1 aliphatic heterocycles. The fourth-order valence-electron chi connectivity index (χ4n) is 4.62. The van der Waals surface area contributed by atoms with Crippen molar-refractivity contribution in [2.24, 2.45) is 0 Å². The number of aromatic nitrogens is 3. The summed E-state index contributed by atoms with van der Waals surface area (Å²) >= 11 is 0. The maximum atomic E-state index is 13.8. The molecular weight excluding hydrogens is 474 g/mol. The molecule has 0 spiro atoms. The predicted octanol–water partition coefficient (Wildman–Crippen LogP) is 4.83. The minimum absolute atomic E-state index is 0.0191. The highest BCUT2D eigenvalue weighted by Gasteiger charge is 2.19. The number of nitrogens with zero attached hydrogens (tertiary/aromatic N) is 5. The lowest BCUT2D eigenvalue weighted by Crippen LogP contribution is -2.47. The summed E-state index contributed by atoms with van der Waals surface area (Å²) in [6.07, 6.45) is 8.42. The number of rotatable bonds is 9. The van der Waals surface area contributed by atoms with Gasteiger partial charge in [-0.2, -0.15) is 5.26 Å². The van der Waals surface area contributed by atoms with E-state index in [4.69, 9.17) is 10.00 Å². The fourth-order valence-corrected chi connectivity index (χ4v) is 4.62.